The van der Waals surface area contributed by atoms with E-state index in [1.165, 1.54) is 217 Å². The summed E-state index contributed by atoms with van der Waals surface area (Å²) in [5, 5.41) is 0. The first-order valence-corrected chi connectivity index (χ1v) is 42.5. The number of hydrogen-bond acceptors (Lipinski definition) is 0. The number of rotatable bonds is 44. The van der Waals surface area contributed by atoms with Gasteiger partial charge in [-0.05, 0) is 128 Å². The molecule has 0 heterocycles. The van der Waals surface area contributed by atoms with Crippen molar-refractivity contribution in [2.45, 2.75) is 348 Å². The summed E-state index contributed by atoms with van der Waals surface area (Å²) in [5.74, 6) is 0. The van der Waals surface area contributed by atoms with Gasteiger partial charge in [0.15, 0.2) is 0 Å². The summed E-state index contributed by atoms with van der Waals surface area (Å²) >= 11 is 2.78. The zero-order chi connectivity index (χ0) is 49.4. The molecular weight excluding hydrogens is 1030 g/mol. The van der Waals surface area contributed by atoms with Crippen molar-refractivity contribution in [3.63, 3.8) is 0 Å². The molecule has 0 aromatic heterocycles. The minimum atomic E-state index is -2.15. The van der Waals surface area contributed by atoms with Crippen LogP contribution in [-0.2, 0) is 8.12 Å². The second kappa shape index (κ2) is 50.9. The van der Waals surface area contributed by atoms with E-state index in [4.69, 9.17) is 30.4 Å². The minimum absolute atomic E-state index is 0.738. The molecule has 2 rings (SSSR count). The molecule has 0 unspecified atom stereocenters. The third-order valence-corrected chi connectivity index (χ3v) is 27.8. The molecule has 0 bridgehead atoms. The first kappa shape index (κ1) is 69.7. The zero-order valence-corrected chi connectivity index (χ0v) is 53.3. The maximum absolute atomic E-state index is 5.09. The summed E-state index contributed by atoms with van der Waals surface area (Å²) in [6.07, 6.45) is 79.3. The summed E-state index contributed by atoms with van der Waals surface area (Å²) in [5.41, 5.74) is 2.34. The van der Waals surface area contributed by atoms with Gasteiger partial charge in [0.2, 0.25) is 0 Å². The predicted molar refractivity (Wildman–Crippen MR) is 324 cm³/mol. The molecule has 411 valence electrons. The van der Waals surface area contributed by atoms with Crippen LogP contribution in [0.2, 0.25) is 0 Å². The first-order chi connectivity index (χ1) is 32.6. The SMILES string of the molecule is CCCCCCCC[P+](CCCCCCCC)(CCCCCCCC)C1CCCCC1.CCCCCCCC[P+](CCCCCCCC)(CCCCCCCC)C1CCCCC1.[Cl][Co-2]([Cl])([Cl])[Br]. The van der Waals surface area contributed by atoms with Gasteiger partial charge >= 0.3 is 52.7 Å². The Morgan fingerprint density at radius 2 is 0.433 bits per heavy atom. The van der Waals surface area contributed by atoms with Crippen molar-refractivity contribution >= 4 is 59.1 Å². The van der Waals surface area contributed by atoms with Crippen LogP contribution in [0.15, 0.2) is 0 Å². The van der Waals surface area contributed by atoms with Gasteiger partial charge in [-0.15, -0.1) is 0 Å². The van der Waals surface area contributed by atoms with Gasteiger partial charge in [-0.25, -0.2) is 0 Å². The molecule has 0 nitrogen and oxygen atoms in total. The molecule has 2 saturated carbocycles. The van der Waals surface area contributed by atoms with E-state index in [9.17, 15) is 0 Å². The second-order valence-corrected chi connectivity index (χ2v) is 45.5. The molecule has 0 aliphatic heterocycles. The fourth-order valence-corrected chi connectivity index (χ4v) is 23.8. The molecule has 0 N–H and O–H groups in total. The van der Waals surface area contributed by atoms with Gasteiger partial charge in [0.05, 0.1) is 48.3 Å². The fourth-order valence-electron chi connectivity index (χ4n) is 12.3. The van der Waals surface area contributed by atoms with Crippen LogP contribution >= 0.6 is 59.1 Å². The van der Waals surface area contributed by atoms with Gasteiger partial charge in [0.25, 0.3) is 0 Å². The third kappa shape index (κ3) is 42.6. The number of unbranched alkanes of at least 4 members (excludes halogenated alkanes) is 30. The molecule has 0 amide bonds. The molecule has 0 aromatic carbocycles. The Hall–Kier alpha value is 2.72. The molecule has 2 fully saturated rings. The van der Waals surface area contributed by atoms with Crippen LogP contribution in [0, 0.1) is 0 Å². The van der Waals surface area contributed by atoms with Gasteiger partial charge < -0.3 is 0 Å². The molecule has 0 aromatic rings. The molecule has 0 saturated heterocycles. The van der Waals surface area contributed by atoms with Crippen LogP contribution in [0.1, 0.15) is 337 Å². The standard InChI is InChI=1S/2C30H62P.BrH.3ClH.Co/c2*1-4-7-10-13-16-22-27-31(30-25-20-19-21-26-30,28-23-17-14-11-8-5-2)29-24-18-15-12-9-6-3;;;;;/h2*30H,4-29H2,1-3H3;4*1H;/q2*+1;;;;;+2/p-4. The van der Waals surface area contributed by atoms with E-state index in [2.05, 4.69) is 55.7 Å². The van der Waals surface area contributed by atoms with Crippen molar-refractivity contribution in [1.29, 1.82) is 0 Å². The van der Waals surface area contributed by atoms with E-state index in [0.717, 1.165) is 0 Å². The fraction of sp³-hybridized carbons (Fsp3) is 1.00. The molecule has 2 aliphatic rings. The third-order valence-electron chi connectivity index (χ3n) is 16.4. The van der Waals surface area contributed by atoms with E-state index in [1.807, 2.05) is 0 Å². The average Bonchev–Trinajstić information content (AvgIpc) is 3.33. The molecule has 67 heavy (non-hydrogen) atoms. The van der Waals surface area contributed by atoms with Crippen LogP contribution in [0.3, 0.4) is 0 Å². The van der Waals surface area contributed by atoms with Crippen LogP contribution in [0.4, 0.5) is 0 Å². The summed E-state index contributed by atoms with van der Waals surface area (Å²) < 4.78 is 0. The Kier molecular flexibility index (Phi) is 52.9. The van der Waals surface area contributed by atoms with Crippen molar-refractivity contribution in [3.8, 4) is 0 Å². The van der Waals surface area contributed by atoms with Gasteiger partial charge in [-0.3, -0.25) is 0 Å². The van der Waals surface area contributed by atoms with E-state index in [-0.39, 0.29) is 0 Å². The van der Waals surface area contributed by atoms with Gasteiger partial charge in [0, 0.05) is 14.5 Å². The average molecular weight is 1150 g/mol. The van der Waals surface area contributed by atoms with Gasteiger partial charge in [-0.2, -0.15) is 0 Å². The molecule has 7 heteroatoms. The van der Waals surface area contributed by atoms with Gasteiger partial charge in [-0.1, -0.05) is 208 Å². The molecule has 0 atom stereocenters. The Balaban J connectivity index is 0.00000118. The van der Waals surface area contributed by atoms with Crippen molar-refractivity contribution < 1.29 is 8.12 Å². The summed E-state index contributed by atoms with van der Waals surface area (Å²) in [7, 11) is 11.6. The number of hydrogen-bond donors (Lipinski definition) is 0. The van der Waals surface area contributed by atoms with Crippen molar-refractivity contribution in [1.82, 2.24) is 0 Å². The summed E-state index contributed by atoms with van der Waals surface area (Å²) in [6.45, 7) is 14.1. The monoisotopic (exact) mass is 1150 g/mol. The maximum atomic E-state index is 5.09. The van der Waals surface area contributed by atoms with E-state index >= 15 is 0 Å². The Bertz CT molecular complexity index is 812. The van der Waals surface area contributed by atoms with E-state index < -0.39 is 22.6 Å². The van der Waals surface area contributed by atoms with E-state index in [1.54, 1.807) is 127 Å². The zero-order valence-electron chi connectivity index (χ0n) is 46.7. The van der Waals surface area contributed by atoms with Crippen LogP contribution in [-0.4, -0.2) is 48.3 Å². The van der Waals surface area contributed by atoms with E-state index in [0.29, 0.717) is 0 Å². The first-order valence-electron chi connectivity index (χ1n) is 30.8. The van der Waals surface area contributed by atoms with Crippen molar-refractivity contribution in [3.05, 3.63) is 0 Å². The Morgan fingerprint density at radius 3 is 0.597 bits per heavy atom. The predicted octanol–water partition coefficient (Wildman–Crippen LogP) is 25.7. The van der Waals surface area contributed by atoms with Crippen molar-refractivity contribution in [2.75, 3.05) is 37.0 Å². The normalized spacial score (nSPS) is 15.6. The quantitative estimate of drug-likeness (QED) is 0.0421. The molecule has 0 radical (unpaired) electrons. The second-order valence-electron chi connectivity index (χ2n) is 22.3. The van der Waals surface area contributed by atoms with Crippen LogP contribution in [0.25, 0.3) is 0 Å². The number of halogens is 4. The Labute approximate surface area is 448 Å². The molecule has 2 aliphatic carbocycles. The van der Waals surface area contributed by atoms with Crippen LogP contribution in [0.5, 0.6) is 0 Å². The summed E-state index contributed by atoms with van der Waals surface area (Å²) in [4.78, 5) is 0. The van der Waals surface area contributed by atoms with Gasteiger partial charge in [0.1, 0.15) is 0 Å². The molecular formula is C60H124BrCl3CoP2. The summed E-state index contributed by atoms with van der Waals surface area (Å²) in [6, 6.07) is 0. The van der Waals surface area contributed by atoms with Crippen LogP contribution < -0.4 is 0 Å². The molecule has 0 spiro atoms. The topological polar surface area (TPSA) is 0 Å². The Morgan fingerprint density at radius 1 is 0.284 bits per heavy atom. The van der Waals surface area contributed by atoms with Crippen molar-refractivity contribution in [2.24, 2.45) is 0 Å².